The molecule has 0 fully saturated rings. The SMILES string of the molecule is C.CCc1c(C(=O)c2ccc(O)cc2)c2nc3ccccc3nc2n1Cc1cccc(OCC(=O)O)c1. The van der Waals surface area contributed by atoms with Gasteiger partial charge in [-0.25, -0.2) is 14.8 Å². The number of aliphatic carboxylic acids is 1. The Labute approximate surface area is 213 Å². The summed E-state index contributed by atoms with van der Waals surface area (Å²) in [4.78, 5) is 34.3. The fraction of sp³-hybridized carbons (Fsp3) is 0.172. The van der Waals surface area contributed by atoms with Crippen LogP contribution in [0.5, 0.6) is 11.5 Å². The van der Waals surface area contributed by atoms with E-state index >= 15 is 0 Å². The Morgan fingerprint density at radius 1 is 0.946 bits per heavy atom. The highest BCUT2D eigenvalue weighted by Crippen LogP contribution is 2.30. The standard InChI is InChI=1S/C28H23N3O5.CH4/c1-2-23-25(27(35)18-10-12-19(32)13-11-18)26-28(30-22-9-4-3-8-21(22)29-26)31(23)15-17-6-5-7-20(14-17)36-16-24(33)34;/h3-14,32H,2,15-16H2,1H3,(H,33,34);1H4. The molecule has 188 valence electrons. The number of fused-ring (bicyclic) bond motifs is 2. The third-order valence-electron chi connectivity index (χ3n) is 5.95. The molecule has 0 saturated carbocycles. The quantitative estimate of drug-likeness (QED) is 0.282. The van der Waals surface area contributed by atoms with Crippen LogP contribution in [0.25, 0.3) is 22.2 Å². The number of carbonyl (C=O) groups is 2. The van der Waals surface area contributed by atoms with Crippen LogP contribution in [-0.2, 0) is 17.8 Å². The van der Waals surface area contributed by atoms with Gasteiger partial charge in [-0.3, -0.25) is 4.79 Å². The van der Waals surface area contributed by atoms with Gasteiger partial charge >= 0.3 is 5.97 Å². The molecule has 37 heavy (non-hydrogen) atoms. The minimum atomic E-state index is -1.05. The number of carbonyl (C=O) groups excluding carboxylic acids is 1. The number of phenols is 1. The van der Waals surface area contributed by atoms with Crippen LogP contribution in [0.2, 0.25) is 0 Å². The van der Waals surface area contributed by atoms with Crippen LogP contribution < -0.4 is 4.74 Å². The van der Waals surface area contributed by atoms with Crippen molar-refractivity contribution >= 4 is 33.9 Å². The molecule has 2 heterocycles. The lowest BCUT2D eigenvalue weighted by Gasteiger charge is -2.12. The highest BCUT2D eigenvalue weighted by Gasteiger charge is 2.25. The zero-order valence-corrected chi connectivity index (χ0v) is 19.5. The lowest BCUT2D eigenvalue weighted by Crippen LogP contribution is -2.10. The molecule has 3 aromatic carbocycles. The molecule has 0 aliphatic rings. The van der Waals surface area contributed by atoms with Gasteiger partial charge in [0, 0.05) is 17.8 Å². The molecular formula is C29H27N3O5. The fourth-order valence-corrected chi connectivity index (χ4v) is 4.34. The number of hydrogen-bond acceptors (Lipinski definition) is 6. The number of carboxylic acids is 1. The van der Waals surface area contributed by atoms with E-state index in [2.05, 4.69) is 0 Å². The van der Waals surface area contributed by atoms with Crippen molar-refractivity contribution in [3.63, 3.8) is 0 Å². The van der Waals surface area contributed by atoms with Crippen molar-refractivity contribution in [2.75, 3.05) is 6.61 Å². The van der Waals surface area contributed by atoms with Gasteiger partial charge in [-0.05, 0) is 60.5 Å². The van der Waals surface area contributed by atoms with Gasteiger partial charge in [-0.15, -0.1) is 0 Å². The number of rotatable bonds is 8. The Morgan fingerprint density at radius 3 is 2.32 bits per heavy atom. The maximum Gasteiger partial charge on any atom is 0.341 e. The predicted octanol–water partition coefficient (Wildman–Crippen LogP) is 5.23. The van der Waals surface area contributed by atoms with Crippen LogP contribution in [0.3, 0.4) is 0 Å². The molecule has 0 radical (unpaired) electrons. The number of hydrogen-bond donors (Lipinski definition) is 2. The topological polar surface area (TPSA) is 115 Å². The Bertz CT molecular complexity index is 1610. The van der Waals surface area contributed by atoms with Crippen LogP contribution in [0.15, 0.2) is 72.8 Å². The average molecular weight is 498 g/mol. The van der Waals surface area contributed by atoms with Crippen molar-refractivity contribution < 1.29 is 24.5 Å². The number of para-hydroxylation sites is 2. The predicted molar refractivity (Wildman–Crippen MR) is 141 cm³/mol. The molecule has 0 amide bonds. The molecule has 8 heteroatoms. The molecule has 0 bridgehead atoms. The zero-order chi connectivity index (χ0) is 25.2. The molecule has 2 aromatic heterocycles. The number of benzene rings is 3. The van der Waals surface area contributed by atoms with Gasteiger partial charge in [-0.2, -0.15) is 0 Å². The molecule has 0 saturated heterocycles. The molecule has 0 unspecified atom stereocenters. The largest absolute Gasteiger partial charge is 0.508 e. The van der Waals surface area contributed by atoms with Crippen LogP contribution in [0.1, 0.15) is 41.5 Å². The van der Waals surface area contributed by atoms with Gasteiger partial charge in [0.1, 0.15) is 17.0 Å². The Morgan fingerprint density at radius 2 is 1.65 bits per heavy atom. The van der Waals surface area contributed by atoms with Gasteiger partial charge < -0.3 is 19.5 Å². The third kappa shape index (κ3) is 4.99. The summed E-state index contributed by atoms with van der Waals surface area (Å²) in [5, 5.41) is 18.6. The van der Waals surface area contributed by atoms with Crippen LogP contribution in [-0.4, -0.2) is 43.1 Å². The van der Waals surface area contributed by atoms with E-state index in [9.17, 15) is 14.7 Å². The van der Waals surface area contributed by atoms with Crippen LogP contribution in [0, 0.1) is 0 Å². The normalized spacial score (nSPS) is 10.8. The Balaban J connectivity index is 0.00000320. The lowest BCUT2D eigenvalue weighted by atomic mass is 10.0. The molecule has 0 spiro atoms. The van der Waals surface area contributed by atoms with Gasteiger partial charge in [0.2, 0.25) is 0 Å². The highest BCUT2D eigenvalue weighted by atomic mass is 16.5. The first-order valence-electron chi connectivity index (χ1n) is 11.5. The number of ether oxygens (including phenoxy) is 1. The minimum Gasteiger partial charge on any atom is -0.508 e. The van der Waals surface area contributed by atoms with Gasteiger partial charge in [-0.1, -0.05) is 38.6 Å². The average Bonchev–Trinajstić information content (AvgIpc) is 3.18. The molecule has 0 aliphatic heterocycles. The third-order valence-corrected chi connectivity index (χ3v) is 5.95. The Hall–Kier alpha value is -4.72. The van der Waals surface area contributed by atoms with E-state index in [0.29, 0.717) is 52.0 Å². The molecule has 5 rings (SSSR count). The first-order chi connectivity index (χ1) is 17.4. The van der Waals surface area contributed by atoms with E-state index in [1.54, 1.807) is 30.3 Å². The van der Waals surface area contributed by atoms with Crippen LogP contribution in [0.4, 0.5) is 0 Å². The number of nitrogens with zero attached hydrogens (tertiary/aromatic N) is 3. The number of ketones is 1. The second kappa shape index (κ2) is 10.5. The number of aromatic nitrogens is 3. The van der Waals surface area contributed by atoms with E-state index in [4.69, 9.17) is 19.8 Å². The highest BCUT2D eigenvalue weighted by molar-refractivity contribution is 6.17. The molecule has 2 N–H and O–H groups in total. The Kier molecular flexibility index (Phi) is 7.20. The summed E-state index contributed by atoms with van der Waals surface area (Å²) in [6.45, 7) is 1.93. The van der Waals surface area contributed by atoms with Crippen molar-refractivity contribution in [2.45, 2.75) is 27.3 Å². The summed E-state index contributed by atoms with van der Waals surface area (Å²) >= 11 is 0. The molecule has 8 nitrogen and oxygen atoms in total. The van der Waals surface area contributed by atoms with Crippen molar-refractivity contribution in [1.82, 2.24) is 14.5 Å². The fourth-order valence-electron chi connectivity index (χ4n) is 4.34. The van der Waals surface area contributed by atoms with E-state index in [1.165, 1.54) is 12.1 Å². The molecular weight excluding hydrogens is 470 g/mol. The first-order valence-corrected chi connectivity index (χ1v) is 11.5. The minimum absolute atomic E-state index is 0. The second-order valence-corrected chi connectivity index (χ2v) is 8.35. The number of phenolic OH excluding ortho intramolecular Hbond substituents is 1. The van der Waals surface area contributed by atoms with E-state index in [-0.39, 0.29) is 19.0 Å². The summed E-state index contributed by atoms with van der Waals surface area (Å²) in [6, 6.07) is 20.9. The van der Waals surface area contributed by atoms with Crippen molar-refractivity contribution in [3.05, 3.63) is 95.2 Å². The van der Waals surface area contributed by atoms with E-state index in [0.717, 1.165) is 11.3 Å². The number of carboxylic acid groups (broad SMARTS) is 1. The maximum absolute atomic E-state index is 13.7. The maximum atomic E-state index is 13.7. The van der Waals surface area contributed by atoms with E-state index in [1.807, 2.05) is 41.8 Å². The van der Waals surface area contributed by atoms with Crippen molar-refractivity contribution in [2.24, 2.45) is 0 Å². The van der Waals surface area contributed by atoms with E-state index < -0.39 is 12.6 Å². The monoisotopic (exact) mass is 497 g/mol. The summed E-state index contributed by atoms with van der Waals surface area (Å²) in [7, 11) is 0. The summed E-state index contributed by atoms with van der Waals surface area (Å²) < 4.78 is 7.33. The van der Waals surface area contributed by atoms with Crippen molar-refractivity contribution in [3.8, 4) is 11.5 Å². The van der Waals surface area contributed by atoms with Gasteiger partial charge in [0.05, 0.1) is 16.6 Å². The molecule has 0 aliphatic carbocycles. The molecule has 5 aromatic rings. The summed E-state index contributed by atoms with van der Waals surface area (Å²) in [6.07, 6.45) is 0.558. The summed E-state index contributed by atoms with van der Waals surface area (Å²) in [5.41, 5.74) is 5.09. The van der Waals surface area contributed by atoms with Gasteiger partial charge in [0.25, 0.3) is 0 Å². The summed E-state index contributed by atoms with van der Waals surface area (Å²) in [5.74, 6) is -0.717. The van der Waals surface area contributed by atoms with Crippen molar-refractivity contribution in [1.29, 1.82) is 0 Å². The first kappa shape index (κ1) is 25.4. The molecule has 0 atom stereocenters. The lowest BCUT2D eigenvalue weighted by molar-refractivity contribution is -0.139. The number of aromatic hydroxyl groups is 1. The smallest absolute Gasteiger partial charge is 0.341 e. The second-order valence-electron chi connectivity index (χ2n) is 8.35. The zero-order valence-electron chi connectivity index (χ0n) is 19.5. The van der Waals surface area contributed by atoms with Crippen LogP contribution >= 0.6 is 0 Å². The van der Waals surface area contributed by atoms with Gasteiger partial charge in [0.15, 0.2) is 18.0 Å².